The topological polar surface area (TPSA) is 98.2 Å². The van der Waals surface area contributed by atoms with Crippen molar-refractivity contribution in [1.82, 2.24) is 0 Å². The van der Waals surface area contributed by atoms with E-state index >= 15 is 0 Å². The number of sulfonamides is 1. The monoisotopic (exact) mass is 229 g/mol. The summed E-state index contributed by atoms with van der Waals surface area (Å²) in [6.07, 6.45) is 0.969. The first-order valence-corrected chi connectivity index (χ1v) is 6.16. The predicted molar refractivity (Wildman–Crippen MR) is 61.0 cm³/mol. The fourth-order valence-corrected chi connectivity index (χ4v) is 1.69. The van der Waals surface area contributed by atoms with Crippen LogP contribution < -0.4 is 16.2 Å². The Balaban J connectivity index is 2.99. The molecule has 0 amide bonds. The second-order valence-corrected chi connectivity index (χ2v) is 4.78. The highest BCUT2D eigenvalue weighted by Crippen LogP contribution is 2.21. The van der Waals surface area contributed by atoms with E-state index in [0.717, 1.165) is 18.7 Å². The first kappa shape index (κ1) is 11.8. The molecule has 0 atom stereocenters. The number of benzene rings is 1. The number of rotatable bonds is 4. The number of hydrogen-bond donors (Lipinski definition) is 3. The number of hydrogen-bond acceptors (Lipinski definition) is 4. The Kier molecular flexibility index (Phi) is 3.54. The predicted octanol–water partition coefficient (Wildman–Crippen LogP) is 0.738. The third-order valence-electron chi connectivity index (χ3n) is 1.92. The van der Waals surface area contributed by atoms with Gasteiger partial charge in [0.25, 0.3) is 0 Å². The Morgan fingerprint density at radius 2 is 2.07 bits per heavy atom. The van der Waals surface area contributed by atoms with Gasteiger partial charge in [-0.05, 0) is 24.6 Å². The van der Waals surface area contributed by atoms with Crippen LogP contribution in [0.5, 0.6) is 0 Å². The van der Waals surface area contributed by atoms with Gasteiger partial charge in [-0.15, -0.1) is 0 Å². The van der Waals surface area contributed by atoms with Gasteiger partial charge in [0.05, 0.1) is 16.3 Å². The summed E-state index contributed by atoms with van der Waals surface area (Å²) >= 11 is 0. The number of nitrogens with one attached hydrogen (secondary N) is 1. The van der Waals surface area contributed by atoms with Gasteiger partial charge in [0.2, 0.25) is 10.0 Å². The minimum absolute atomic E-state index is 0.0297. The number of nitrogen functional groups attached to an aromatic ring is 1. The van der Waals surface area contributed by atoms with Crippen molar-refractivity contribution in [2.24, 2.45) is 5.14 Å². The van der Waals surface area contributed by atoms with E-state index in [1.54, 1.807) is 6.07 Å². The van der Waals surface area contributed by atoms with Crippen LogP contribution in [0, 0.1) is 0 Å². The van der Waals surface area contributed by atoms with Gasteiger partial charge in [-0.25, -0.2) is 13.6 Å². The normalized spacial score (nSPS) is 11.3. The summed E-state index contributed by atoms with van der Waals surface area (Å²) in [5, 5.41) is 8.05. The van der Waals surface area contributed by atoms with Crippen molar-refractivity contribution in [2.45, 2.75) is 18.2 Å². The third kappa shape index (κ3) is 3.10. The molecule has 0 heterocycles. The number of nitrogens with two attached hydrogens (primary N) is 2. The smallest absolute Gasteiger partial charge is 0.238 e. The van der Waals surface area contributed by atoms with E-state index in [1.165, 1.54) is 12.1 Å². The molecule has 0 aromatic heterocycles. The fourth-order valence-electron chi connectivity index (χ4n) is 1.14. The second-order valence-electron chi connectivity index (χ2n) is 3.22. The summed E-state index contributed by atoms with van der Waals surface area (Å²) in [7, 11) is -3.67. The quantitative estimate of drug-likeness (QED) is 0.663. The second kappa shape index (κ2) is 4.50. The van der Waals surface area contributed by atoms with Gasteiger partial charge >= 0.3 is 0 Å². The summed E-state index contributed by atoms with van der Waals surface area (Å²) in [6, 6.07) is 4.40. The van der Waals surface area contributed by atoms with Crippen molar-refractivity contribution in [1.29, 1.82) is 0 Å². The van der Waals surface area contributed by atoms with Gasteiger partial charge in [0.1, 0.15) is 0 Å². The highest BCUT2D eigenvalue weighted by molar-refractivity contribution is 7.89. The maximum absolute atomic E-state index is 11.0. The zero-order chi connectivity index (χ0) is 11.5. The molecule has 15 heavy (non-hydrogen) atoms. The van der Waals surface area contributed by atoms with Crippen LogP contribution in [0.3, 0.4) is 0 Å². The van der Waals surface area contributed by atoms with E-state index in [1.807, 2.05) is 6.92 Å². The van der Waals surface area contributed by atoms with Crippen LogP contribution in [0.2, 0.25) is 0 Å². The van der Waals surface area contributed by atoms with Crippen LogP contribution in [0.4, 0.5) is 11.4 Å². The number of anilines is 2. The van der Waals surface area contributed by atoms with E-state index in [9.17, 15) is 8.42 Å². The summed E-state index contributed by atoms with van der Waals surface area (Å²) in [5.41, 5.74) is 6.79. The Morgan fingerprint density at radius 1 is 1.40 bits per heavy atom. The Labute approximate surface area is 89.5 Å². The van der Waals surface area contributed by atoms with Crippen molar-refractivity contribution < 1.29 is 8.42 Å². The molecule has 0 aliphatic heterocycles. The molecule has 0 radical (unpaired) electrons. The average molecular weight is 229 g/mol. The Bertz CT molecular complexity index is 443. The van der Waals surface area contributed by atoms with Crippen LogP contribution >= 0.6 is 0 Å². The molecule has 0 saturated heterocycles. The van der Waals surface area contributed by atoms with Crippen molar-refractivity contribution in [2.75, 3.05) is 17.6 Å². The molecule has 0 fully saturated rings. The molecule has 1 aromatic carbocycles. The van der Waals surface area contributed by atoms with Gasteiger partial charge in [0, 0.05) is 6.54 Å². The van der Waals surface area contributed by atoms with Crippen LogP contribution in [0.15, 0.2) is 23.1 Å². The van der Waals surface area contributed by atoms with Crippen LogP contribution in [0.1, 0.15) is 13.3 Å². The average Bonchev–Trinajstić information content (AvgIpc) is 2.14. The van der Waals surface area contributed by atoms with E-state index in [0.29, 0.717) is 5.69 Å². The summed E-state index contributed by atoms with van der Waals surface area (Å²) < 4.78 is 22.0. The van der Waals surface area contributed by atoms with Crippen molar-refractivity contribution >= 4 is 21.4 Å². The fraction of sp³-hybridized carbons (Fsp3) is 0.333. The highest BCUT2D eigenvalue weighted by atomic mass is 32.2. The van der Waals surface area contributed by atoms with Crippen LogP contribution in [-0.4, -0.2) is 15.0 Å². The maximum Gasteiger partial charge on any atom is 0.238 e. The lowest BCUT2D eigenvalue weighted by Crippen LogP contribution is -2.13. The zero-order valence-corrected chi connectivity index (χ0v) is 9.34. The molecule has 84 valence electrons. The van der Waals surface area contributed by atoms with E-state index < -0.39 is 10.0 Å². The first-order valence-electron chi connectivity index (χ1n) is 4.61. The number of primary sulfonamides is 1. The van der Waals surface area contributed by atoms with Gasteiger partial charge in [-0.3, -0.25) is 0 Å². The van der Waals surface area contributed by atoms with Gasteiger partial charge in [-0.1, -0.05) is 6.92 Å². The summed E-state index contributed by atoms with van der Waals surface area (Å²) in [5.74, 6) is 0. The summed E-state index contributed by atoms with van der Waals surface area (Å²) in [6.45, 7) is 2.82. The molecular formula is C9H15N3O2S. The third-order valence-corrected chi connectivity index (χ3v) is 2.83. The van der Waals surface area contributed by atoms with Gasteiger partial charge < -0.3 is 11.1 Å². The van der Waals surface area contributed by atoms with Crippen LogP contribution in [-0.2, 0) is 10.0 Å². The standard InChI is InChI=1S/C9H15N3O2S/c1-2-5-12-9-4-3-7(6-8(9)10)15(11,13)14/h3-4,6,12H,2,5,10H2,1H3,(H2,11,13,14). The van der Waals surface area contributed by atoms with Crippen molar-refractivity contribution in [3.8, 4) is 0 Å². The molecule has 0 aliphatic rings. The SMILES string of the molecule is CCCNc1ccc(S(N)(=O)=O)cc1N. The lowest BCUT2D eigenvalue weighted by atomic mass is 10.2. The molecule has 1 rings (SSSR count). The molecule has 6 heteroatoms. The first-order chi connectivity index (χ1) is 6.95. The minimum Gasteiger partial charge on any atom is -0.397 e. The largest absolute Gasteiger partial charge is 0.397 e. The lowest BCUT2D eigenvalue weighted by molar-refractivity contribution is 0.598. The van der Waals surface area contributed by atoms with Crippen LogP contribution in [0.25, 0.3) is 0 Å². The Hall–Kier alpha value is -1.27. The van der Waals surface area contributed by atoms with Gasteiger partial charge in [0.15, 0.2) is 0 Å². The highest BCUT2D eigenvalue weighted by Gasteiger charge is 2.09. The molecule has 5 nitrogen and oxygen atoms in total. The molecule has 0 spiro atoms. The molecule has 5 N–H and O–H groups in total. The van der Waals surface area contributed by atoms with E-state index in [4.69, 9.17) is 10.9 Å². The minimum atomic E-state index is -3.67. The molecule has 0 unspecified atom stereocenters. The Morgan fingerprint density at radius 3 is 2.53 bits per heavy atom. The van der Waals surface area contributed by atoms with Gasteiger partial charge in [-0.2, -0.15) is 0 Å². The van der Waals surface area contributed by atoms with Crippen molar-refractivity contribution in [3.05, 3.63) is 18.2 Å². The molecule has 1 aromatic rings. The molecule has 0 bridgehead atoms. The van der Waals surface area contributed by atoms with E-state index in [2.05, 4.69) is 5.32 Å². The van der Waals surface area contributed by atoms with E-state index in [-0.39, 0.29) is 4.90 Å². The zero-order valence-electron chi connectivity index (χ0n) is 8.53. The summed E-state index contributed by atoms with van der Waals surface area (Å²) in [4.78, 5) is 0.0297. The maximum atomic E-state index is 11.0. The molecule has 0 aliphatic carbocycles. The lowest BCUT2D eigenvalue weighted by Gasteiger charge is -2.09. The molecular weight excluding hydrogens is 214 g/mol. The molecule has 0 saturated carbocycles. The van der Waals surface area contributed by atoms with Crippen molar-refractivity contribution in [3.63, 3.8) is 0 Å².